The Hall–Kier alpha value is -3.15. The first-order chi connectivity index (χ1) is 15.8. The molecular formula is C27H33N3O3. The van der Waals surface area contributed by atoms with Crippen LogP contribution in [0.15, 0.2) is 42.5 Å². The highest BCUT2D eigenvalue weighted by Crippen LogP contribution is 2.39. The van der Waals surface area contributed by atoms with Crippen LogP contribution in [0.1, 0.15) is 61.6 Å². The second-order valence-electron chi connectivity index (χ2n) is 9.48. The monoisotopic (exact) mass is 447 g/mol. The summed E-state index contributed by atoms with van der Waals surface area (Å²) < 4.78 is 0. The van der Waals surface area contributed by atoms with Crippen LogP contribution in [0.4, 0.5) is 11.4 Å². The van der Waals surface area contributed by atoms with Gasteiger partial charge in [0.2, 0.25) is 5.91 Å². The third-order valence-corrected chi connectivity index (χ3v) is 7.06. The van der Waals surface area contributed by atoms with Gasteiger partial charge in [0, 0.05) is 17.8 Å². The number of nitrogens with one attached hydrogen (secondary N) is 2. The molecule has 0 bridgehead atoms. The molecule has 6 heteroatoms. The van der Waals surface area contributed by atoms with Crippen molar-refractivity contribution in [2.45, 2.75) is 77.3 Å². The Morgan fingerprint density at radius 2 is 1.61 bits per heavy atom. The number of amides is 3. The number of aryl methyl sites for hydroxylation is 3. The predicted molar refractivity (Wildman–Crippen MR) is 130 cm³/mol. The summed E-state index contributed by atoms with van der Waals surface area (Å²) in [5.74, 6) is -0.476. The van der Waals surface area contributed by atoms with Gasteiger partial charge >= 0.3 is 0 Å². The first-order valence-electron chi connectivity index (χ1n) is 11.9. The molecule has 2 N–H and O–H groups in total. The Bertz CT molecular complexity index is 1030. The lowest BCUT2D eigenvalue weighted by molar-refractivity contribution is -0.129. The number of nitrogens with zero attached hydrogens (tertiary/aromatic N) is 1. The van der Waals surface area contributed by atoms with Crippen LogP contribution < -0.4 is 15.5 Å². The van der Waals surface area contributed by atoms with E-state index in [0.29, 0.717) is 31.4 Å². The van der Waals surface area contributed by atoms with Crippen LogP contribution in [0.5, 0.6) is 0 Å². The third kappa shape index (κ3) is 4.52. The maximum atomic E-state index is 14.1. The van der Waals surface area contributed by atoms with E-state index >= 15 is 0 Å². The van der Waals surface area contributed by atoms with Crippen molar-refractivity contribution in [3.05, 3.63) is 59.2 Å². The summed E-state index contributed by atoms with van der Waals surface area (Å²) in [6, 6.07) is 13.1. The molecule has 2 aromatic rings. The Morgan fingerprint density at radius 1 is 0.970 bits per heavy atom. The summed E-state index contributed by atoms with van der Waals surface area (Å²) in [6.45, 7) is 5.96. The summed E-state index contributed by atoms with van der Waals surface area (Å²) in [7, 11) is 0. The van der Waals surface area contributed by atoms with Crippen LogP contribution in [0, 0.1) is 20.8 Å². The number of hydrogen-bond acceptors (Lipinski definition) is 3. The molecule has 1 atom stereocenters. The quantitative estimate of drug-likeness (QED) is 0.705. The molecule has 33 heavy (non-hydrogen) atoms. The maximum Gasteiger partial charge on any atom is 0.250 e. The molecule has 2 fully saturated rings. The van der Waals surface area contributed by atoms with Gasteiger partial charge in [0.25, 0.3) is 11.8 Å². The lowest BCUT2D eigenvalue weighted by Gasteiger charge is -2.46. The van der Waals surface area contributed by atoms with Gasteiger partial charge in [-0.15, -0.1) is 0 Å². The van der Waals surface area contributed by atoms with Crippen molar-refractivity contribution in [1.82, 2.24) is 5.32 Å². The van der Waals surface area contributed by atoms with Gasteiger partial charge in [-0.2, -0.15) is 0 Å². The summed E-state index contributed by atoms with van der Waals surface area (Å²) in [4.78, 5) is 41.6. The zero-order valence-electron chi connectivity index (χ0n) is 19.7. The second-order valence-corrected chi connectivity index (χ2v) is 9.48. The van der Waals surface area contributed by atoms with Gasteiger partial charge in [0.05, 0.1) is 0 Å². The minimum absolute atomic E-state index is 0.116. The first kappa shape index (κ1) is 23.0. The van der Waals surface area contributed by atoms with Gasteiger partial charge in [-0.1, -0.05) is 55.2 Å². The van der Waals surface area contributed by atoms with E-state index in [1.807, 2.05) is 63.2 Å². The van der Waals surface area contributed by atoms with Crippen LogP contribution in [0.3, 0.4) is 0 Å². The molecule has 0 spiro atoms. The molecule has 0 unspecified atom stereocenters. The number of anilines is 2. The van der Waals surface area contributed by atoms with E-state index in [2.05, 4.69) is 10.6 Å². The number of benzene rings is 2. The minimum atomic E-state index is -1.01. The van der Waals surface area contributed by atoms with Crippen molar-refractivity contribution in [1.29, 1.82) is 0 Å². The summed E-state index contributed by atoms with van der Waals surface area (Å²) >= 11 is 0. The summed E-state index contributed by atoms with van der Waals surface area (Å²) in [5.41, 5.74) is 3.56. The topological polar surface area (TPSA) is 78.5 Å². The van der Waals surface area contributed by atoms with Gasteiger partial charge in [0.15, 0.2) is 0 Å². The first-order valence-corrected chi connectivity index (χ1v) is 11.9. The van der Waals surface area contributed by atoms with E-state index < -0.39 is 11.6 Å². The van der Waals surface area contributed by atoms with Crippen LogP contribution in [0.25, 0.3) is 0 Å². The molecule has 3 amide bonds. The second kappa shape index (κ2) is 9.38. The molecule has 1 saturated heterocycles. The summed E-state index contributed by atoms with van der Waals surface area (Å²) in [6.07, 6.45) is 4.73. The highest BCUT2D eigenvalue weighted by Gasteiger charge is 2.50. The zero-order valence-corrected chi connectivity index (χ0v) is 19.7. The third-order valence-electron chi connectivity index (χ3n) is 7.06. The SMILES string of the molecule is Cc1ccc(N(C(=O)[C@@H]2CCC(=O)N2)C2(C(=O)Nc3c(C)cccc3C)CCCCC2)cc1. The Balaban J connectivity index is 1.78. The molecule has 1 aliphatic carbocycles. The average Bonchev–Trinajstić information content (AvgIpc) is 3.24. The van der Waals surface area contributed by atoms with E-state index in [4.69, 9.17) is 0 Å². The van der Waals surface area contributed by atoms with Crippen LogP contribution >= 0.6 is 0 Å². The fourth-order valence-electron chi connectivity index (χ4n) is 5.16. The molecule has 2 aromatic carbocycles. The van der Waals surface area contributed by atoms with Crippen molar-refractivity contribution in [2.24, 2.45) is 0 Å². The molecule has 1 aliphatic heterocycles. The maximum absolute atomic E-state index is 14.1. The lowest BCUT2D eigenvalue weighted by atomic mass is 9.78. The number of carbonyl (C=O) groups excluding carboxylic acids is 3. The van der Waals surface area contributed by atoms with E-state index in [9.17, 15) is 14.4 Å². The molecule has 6 nitrogen and oxygen atoms in total. The Labute approximate surface area is 195 Å². The molecule has 1 heterocycles. The summed E-state index contributed by atoms with van der Waals surface area (Å²) in [5, 5.41) is 6.00. The Kier molecular flexibility index (Phi) is 6.54. The van der Waals surface area contributed by atoms with Crippen molar-refractivity contribution >= 4 is 29.1 Å². The van der Waals surface area contributed by atoms with Crippen LogP contribution in [0.2, 0.25) is 0 Å². The number of carbonyl (C=O) groups is 3. The molecule has 1 saturated carbocycles. The predicted octanol–water partition coefficient (Wildman–Crippen LogP) is 4.57. The average molecular weight is 448 g/mol. The number of para-hydroxylation sites is 1. The van der Waals surface area contributed by atoms with E-state index in [-0.39, 0.29) is 17.7 Å². The molecular weight excluding hydrogens is 414 g/mol. The van der Waals surface area contributed by atoms with Gasteiger partial charge in [-0.3, -0.25) is 19.3 Å². The molecule has 2 aliphatic rings. The standard InChI is InChI=1S/C27H33N3O3/c1-18-10-12-21(13-11-18)30(25(32)22-14-15-23(31)28-22)27(16-5-4-6-17-27)26(33)29-24-19(2)8-7-9-20(24)3/h7-13,22H,4-6,14-17H2,1-3H3,(H,28,31)(H,29,33)/t22-/m0/s1. The highest BCUT2D eigenvalue weighted by molar-refractivity contribution is 6.11. The van der Waals surface area contributed by atoms with E-state index in [0.717, 1.165) is 41.6 Å². The van der Waals surface area contributed by atoms with Gasteiger partial charge in [0.1, 0.15) is 11.6 Å². The van der Waals surface area contributed by atoms with Crippen molar-refractivity contribution in [2.75, 3.05) is 10.2 Å². The van der Waals surface area contributed by atoms with Crippen LogP contribution in [-0.4, -0.2) is 29.3 Å². The smallest absolute Gasteiger partial charge is 0.250 e. The molecule has 174 valence electrons. The van der Waals surface area contributed by atoms with Crippen molar-refractivity contribution in [3.63, 3.8) is 0 Å². The van der Waals surface area contributed by atoms with E-state index in [1.165, 1.54) is 0 Å². The van der Waals surface area contributed by atoms with Crippen molar-refractivity contribution < 1.29 is 14.4 Å². The van der Waals surface area contributed by atoms with Crippen molar-refractivity contribution in [3.8, 4) is 0 Å². The van der Waals surface area contributed by atoms with E-state index in [1.54, 1.807) is 4.90 Å². The highest BCUT2D eigenvalue weighted by atomic mass is 16.2. The van der Waals surface area contributed by atoms with Crippen LogP contribution in [-0.2, 0) is 14.4 Å². The Morgan fingerprint density at radius 3 is 2.18 bits per heavy atom. The molecule has 0 radical (unpaired) electrons. The largest absolute Gasteiger partial charge is 0.344 e. The fourth-order valence-corrected chi connectivity index (χ4v) is 5.16. The fraction of sp³-hybridized carbons (Fsp3) is 0.444. The lowest BCUT2D eigenvalue weighted by Crippen LogP contribution is -2.63. The number of hydrogen-bond donors (Lipinski definition) is 2. The normalized spacial score (nSPS) is 19.6. The van der Waals surface area contributed by atoms with Gasteiger partial charge in [-0.25, -0.2) is 0 Å². The molecule has 0 aromatic heterocycles. The van der Waals surface area contributed by atoms with Gasteiger partial charge < -0.3 is 10.6 Å². The molecule has 4 rings (SSSR count). The van der Waals surface area contributed by atoms with Gasteiger partial charge in [-0.05, 0) is 63.3 Å². The number of rotatable bonds is 5. The minimum Gasteiger partial charge on any atom is -0.344 e. The zero-order chi connectivity index (χ0) is 23.6.